The van der Waals surface area contributed by atoms with Crippen LogP contribution in [-0.2, 0) is 5.60 Å². The fraction of sp³-hybridized carbons (Fsp3) is 0.263. The van der Waals surface area contributed by atoms with Gasteiger partial charge < -0.3 is 5.11 Å². The molecular weight excluding hydrogens is 324 g/mol. The minimum Gasteiger partial charge on any atom is -0.380 e. The predicted octanol–water partition coefficient (Wildman–Crippen LogP) is 5.41. The monoisotopic (exact) mass is 342 g/mol. The normalized spacial score (nSPS) is 19.8. The highest BCUT2D eigenvalue weighted by Gasteiger charge is 2.40. The fourth-order valence-corrected chi connectivity index (χ4v) is 3.44. The van der Waals surface area contributed by atoms with Crippen molar-refractivity contribution >= 4 is 15.9 Å². The summed E-state index contributed by atoms with van der Waals surface area (Å²) in [6.07, 6.45) is 7.08. The Kier molecular flexibility index (Phi) is 4.01. The van der Waals surface area contributed by atoms with Gasteiger partial charge in [-0.1, -0.05) is 71.8 Å². The molecule has 0 spiro atoms. The molecule has 0 fully saturated rings. The first kappa shape index (κ1) is 14.6. The zero-order chi connectivity index (χ0) is 14.9. The Morgan fingerprint density at radius 3 is 2.62 bits per heavy atom. The molecule has 0 saturated carbocycles. The minimum atomic E-state index is -0.917. The quantitative estimate of drug-likeness (QED) is 0.736. The molecule has 0 heterocycles. The SMILES string of the molecule is CCCC=CCC1(O)c2ccccc2-c2ccc(Br)cc21. The molecule has 2 aromatic rings. The first-order valence-electron chi connectivity index (χ1n) is 7.44. The van der Waals surface area contributed by atoms with E-state index in [4.69, 9.17) is 0 Å². The molecule has 1 unspecified atom stereocenters. The summed E-state index contributed by atoms with van der Waals surface area (Å²) in [5.74, 6) is 0. The summed E-state index contributed by atoms with van der Waals surface area (Å²) in [5, 5.41) is 11.3. The predicted molar refractivity (Wildman–Crippen MR) is 91.2 cm³/mol. The highest BCUT2D eigenvalue weighted by molar-refractivity contribution is 9.10. The first-order chi connectivity index (χ1) is 10.2. The van der Waals surface area contributed by atoms with Gasteiger partial charge in [0.05, 0.1) is 0 Å². The van der Waals surface area contributed by atoms with E-state index in [9.17, 15) is 5.11 Å². The lowest BCUT2D eigenvalue weighted by Gasteiger charge is -2.24. The summed E-state index contributed by atoms with van der Waals surface area (Å²) >= 11 is 3.53. The molecule has 2 heteroatoms. The average Bonchev–Trinajstić information content (AvgIpc) is 2.74. The third kappa shape index (κ3) is 2.47. The summed E-state index contributed by atoms with van der Waals surface area (Å²) in [4.78, 5) is 0. The number of halogens is 1. The number of fused-ring (bicyclic) bond motifs is 3. The Balaban J connectivity index is 2.09. The van der Waals surface area contributed by atoms with Crippen molar-refractivity contribution in [2.75, 3.05) is 0 Å². The highest BCUT2D eigenvalue weighted by atomic mass is 79.9. The molecule has 2 aromatic carbocycles. The van der Waals surface area contributed by atoms with Crippen LogP contribution in [0.25, 0.3) is 11.1 Å². The third-order valence-electron chi connectivity index (χ3n) is 4.13. The molecule has 1 atom stereocenters. The number of hydrogen-bond acceptors (Lipinski definition) is 1. The van der Waals surface area contributed by atoms with Gasteiger partial charge in [0.1, 0.15) is 5.60 Å². The van der Waals surface area contributed by atoms with Crippen LogP contribution in [0.5, 0.6) is 0 Å². The van der Waals surface area contributed by atoms with Gasteiger partial charge in [-0.05, 0) is 40.8 Å². The number of rotatable bonds is 4. The van der Waals surface area contributed by atoms with Crippen molar-refractivity contribution in [1.29, 1.82) is 0 Å². The van der Waals surface area contributed by atoms with E-state index in [0.29, 0.717) is 6.42 Å². The van der Waals surface area contributed by atoms with Gasteiger partial charge in [-0.15, -0.1) is 0 Å². The van der Waals surface area contributed by atoms with Crippen molar-refractivity contribution in [3.05, 3.63) is 70.2 Å². The van der Waals surface area contributed by atoms with Crippen LogP contribution in [0.4, 0.5) is 0 Å². The van der Waals surface area contributed by atoms with E-state index in [0.717, 1.165) is 39.6 Å². The topological polar surface area (TPSA) is 20.2 Å². The number of allylic oxidation sites excluding steroid dienone is 1. The molecule has 3 rings (SSSR count). The zero-order valence-electron chi connectivity index (χ0n) is 12.1. The maximum absolute atomic E-state index is 11.3. The van der Waals surface area contributed by atoms with E-state index < -0.39 is 5.60 Å². The lowest BCUT2D eigenvalue weighted by Crippen LogP contribution is -2.23. The molecule has 0 radical (unpaired) electrons. The van der Waals surface area contributed by atoms with Crippen LogP contribution in [0, 0.1) is 0 Å². The molecule has 0 amide bonds. The fourth-order valence-electron chi connectivity index (χ4n) is 3.08. The first-order valence-corrected chi connectivity index (χ1v) is 8.23. The summed E-state index contributed by atoms with van der Waals surface area (Å²) in [7, 11) is 0. The average molecular weight is 343 g/mol. The Morgan fingerprint density at radius 1 is 1.05 bits per heavy atom. The van der Waals surface area contributed by atoms with Gasteiger partial charge in [0, 0.05) is 10.9 Å². The molecule has 0 aliphatic heterocycles. The minimum absolute atomic E-state index is 0.619. The van der Waals surface area contributed by atoms with E-state index >= 15 is 0 Å². The Morgan fingerprint density at radius 2 is 1.81 bits per heavy atom. The van der Waals surface area contributed by atoms with Crippen LogP contribution in [-0.4, -0.2) is 5.11 Å². The van der Waals surface area contributed by atoms with Crippen molar-refractivity contribution < 1.29 is 5.11 Å². The van der Waals surface area contributed by atoms with Crippen LogP contribution in [0.1, 0.15) is 37.3 Å². The summed E-state index contributed by atoms with van der Waals surface area (Å²) in [5.41, 5.74) is 3.38. The molecule has 108 valence electrons. The van der Waals surface area contributed by atoms with Gasteiger partial charge in [0.25, 0.3) is 0 Å². The lowest BCUT2D eigenvalue weighted by atomic mass is 9.88. The molecule has 1 aliphatic rings. The number of aliphatic hydroxyl groups is 1. The molecule has 1 nitrogen and oxygen atoms in total. The second kappa shape index (κ2) is 5.78. The largest absolute Gasteiger partial charge is 0.380 e. The van der Waals surface area contributed by atoms with Crippen LogP contribution in [0.2, 0.25) is 0 Å². The maximum atomic E-state index is 11.3. The Bertz CT molecular complexity index is 690. The lowest BCUT2D eigenvalue weighted by molar-refractivity contribution is 0.0889. The Hall–Kier alpha value is -1.38. The van der Waals surface area contributed by atoms with Gasteiger partial charge in [0.2, 0.25) is 0 Å². The molecular formula is C19H19BrO. The van der Waals surface area contributed by atoms with E-state index in [1.807, 2.05) is 30.3 Å². The maximum Gasteiger partial charge on any atom is 0.119 e. The van der Waals surface area contributed by atoms with E-state index in [-0.39, 0.29) is 0 Å². The van der Waals surface area contributed by atoms with Gasteiger partial charge in [-0.25, -0.2) is 0 Å². The summed E-state index contributed by atoms with van der Waals surface area (Å²) in [6, 6.07) is 14.3. The summed E-state index contributed by atoms with van der Waals surface area (Å²) < 4.78 is 1.00. The molecule has 1 N–H and O–H groups in total. The molecule has 0 saturated heterocycles. The summed E-state index contributed by atoms with van der Waals surface area (Å²) in [6.45, 7) is 2.16. The molecule has 21 heavy (non-hydrogen) atoms. The van der Waals surface area contributed by atoms with Gasteiger partial charge in [-0.2, -0.15) is 0 Å². The van der Waals surface area contributed by atoms with Gasteiger partial charge in [-0.3, -0.25) is 0 Å². The van der Waals surface area contributed by atoms with Crippen molar-refractivity contribution in [3.63, 3.8) is 0 Å². The number of hydrogen-bond donors (Lipinski definition) is 1. The zero-order valence-corrected chi connectivity index (χ0v) is 13.7. The second-order valence-corrected chi connectivity index (χ2v) is 6.48. The van der Waals surface area contributed by atoms with E-state index in [1.165, 1.54) is 0 Å². The Labute approximate surface area is 134 Å². The van der Waals surface area contributed by atoms with Gasteiger partial charge in [0.15, 0.2) is 0 Å². The molecule has 1 aliphatic carbocycles. The van der Waals surface area contributed by atoms with Crippen LogP contribution >= 0.6 is 15.9 Å². The van der Waals surface area contributed by atoms with Crippen molar-refractivity contribution in [1.82, 2.24) is 0 Å². The van der Waals surface area contributed by atoms with E-state index in [1.54, 1.807) is 0 Å². The number of unbranched alkanes of at least 4 members (excludes halogenated alkanes) is 1. The van der Waals surface area contributed by atoms with Crippen LogP contribution < -0.4 is 0 Å². The van der Waals surface area contributed by atoms with Crippen LogP contribution in [0.3, 0.4) is 0 Å². The second-order valence-electron chi connectivity index (χ2n) is 5.56. The van der Waals surface area contributed by atoms with Crippen molar-refractivity contribution in [2.45, 2.75) is 31.8 Å². The molecule has 0 aromatic heterocycles. The van der Waals surface area contributed by atoms with E-state index in [2.05, 4.69) is 47.1 Å². The molecule has 0 bridgehead atoms. The van der Waals surface area contributed by atoms with Gasteiger partial charge >= 0.3 is 0 Å². The standard InChI is InChI=1S/C19H19BrO/c1-2-3-4-7-12-19(21)17-9-6-5-8-15(17)16-11-10-14(20)13-18(16)19/h4-11,13,21H,2-3,12H2,1H3. The highest BCUT2D eigenvalue weighted by Crippen LogP contribution is 2.49. The third-order valence-corrected chi connectivity index (χ3v) is 4.62. The number of benzene rings is 2. The smallest absolute Gasteiger partial charge is 0.119 e. The van der Waals surface area contributed by atoms with Crippen molar-refractivity contribution in [2.24, 2.45) is 0 Å². The van der Waals surface area contributed by atoms with Crippen LogP contribution in [0.15, 0.2) is 59.1 Å². The van der Waals surface area contributed by atoms with Crippen molar-refractivity contribution in [3.8, 4) is 11.1 Å².